The summed E-state index contributed by atoms with van der Waals surface area (Å²) in [6.45, 7) is 0. The van der Waals surface area contributed by atoms with E-state index in [2.05, 4.69) is 182 Å². The summed E-state index contributed by atoms with van der Waals surface area (Å²) in [4.78, 5) is 20.6. The molecule has 68 heavy (non-hydrogen) atoms. The highest BCUT2D eigenvalue weighted by Gasteiger charge is 2.21. The molecule has 0 aliphatic heterocycles. The summed E-state index contributed by atoms with van der Waals surface area (Å²) in [6, 6.07) is 79.5. The molecule has 0 radical (unpaired) electrons. The number of fused-ring (bicyclic) bond motifs is 6. The van der Waals surface area contributed by atoms with E-state index in [0.717, 1.165) is 111 Å². The number of para-hydroxylation sites is 2. The highest BCUT2D eigenvalue weighted by molar-refractivity contribution is 6.08. The van der Waals surface area contributed by atoms with Gasteiger partial charge in [0.1, 0.15) is 33.6 Å². The lowest BCUT2D eigenvalue weighted by molar-refractivity contribution is 0.667. The van der Waals surface area contributed by atoms with Crippen LogP contribution in [0.3, 0.4) is 0 Å². The van der Waals surface area contributed by atoms with Crippen LogP contribution in [0.2, 0.25) is 0 Å². The third kappa shape index (κ3) is 7.00. The Morgan fingerprint density at radius 2 is 0.559 bits per heavy atom. The Kier molecular flexibility index (Phi) is 9.39. The van der Waals surface area contributed by atoms with Crippen molar-refractivity contribution in [3.63, 3.8) is 0 Å². The number of hydrogen-bond acceptors (Lipinski definition) is 6. The molecular formula is C62H38N4O2. The fraction of sp³-hybridized carbons (Fsp3) is 0. The first-order valence-corrected chi connectivity index (χ1v) is 22.7. The number of benzene rings is 9. The summed E-state index contributed by atoms with van der Waals surface area (Å²) in [7, 11) is 0. The van der Waals surface area contributed by atoms with Gasteiger partial charge in [0.2, 0.25) is 0 Å². The molecule has 4 heterocycles. The van der Waals surface area contributed by atoms with Crippen molar-refractivity contribution in [3.05, 3.63) is 231 Å². The quantitative estimate of drug-likeness (QED) is 0.151. The second-order valence-corrected chi connectivity index (χ2v) is 17.0. The molecule has 13 aromatic rings. The van der Waals surface area contributed by atoms with E-state index < -0.39 is 0 Å². The molecule has 0 bridgehead atoms. The third-order valence-corrected chi connectivity index (χ3v) is 12.8. The first-order valence-electron chi connectivity index (χ1n) is 22.7. The van der Waals surface area contributed by atoms with Gasteiger partial charge in [0.25, 0.3) is 0 Å². The predicted octanol–water partition coefficient (Wildman–Crippen LogP) is 16.4. The maximum absolute atomic E-state index is 6.52. The highest BCUT2D eigenvalue weighted by Crippen LogP contribution is 2.39. The van der Waals surface area contributed by atoms with E-state index in [1.54, 1.807) is 0 Å². The van der Waals surface area contributed by atoms with Crippen molar-refractivity contribution in [3.8, 4) is 89.8 Å². The Morgan fingerprint density at radius 1 is 0.235 bits per heavy atom. The van der Waals surface area contributed by atoms with Crippen LogP contribution in [-0.2, 0) is 0 Å². The van der Waals surface area contributed by atoms with E-state index in [1.165, 1.54) is 0 Å². The average Bonchev–Trinajstić information content (AvgIpc) is 4.00. The minimum atomic E-state index is 0.638. The molecule has 6 nitrogen and oxygen atoms in total. The monoisotopic (exact) mass is 870 g/mol. The molecule has 0 saturated carbocycles. The van der Waals surface area contributed by atoms with Crippen LogP contribution in [0.15, 0.2) is 239 Å². The summed E-state index contributed by atoms with van der Waals surface area (Å²) in [5.41, 5.74) is 18.7. The van der Waals surface area contributed by atoms with Gasteiger partial charge in [-0.25, -0.2) is 19.9 Å². The van der Waals surface area contributed by atoms with Gasteiger partial charge in [-0.1, -0.05) is 194 Å². The SMILES string of the molecule is c1ccc(-c2ccc(-c3nc(-c4cccc(-c5cccc(-c6ccc(-c7nc(-c8ccc(-c9ccccc9)cc8)c8oc9ccccc9c8n7)cc6)c5)c4)c4oc5ccccc5c4n3)cc2)cc1. The van der Waals surface area contributed by atoms with Crippen molar-refractivity contribution in [2.24, 2.45) is 0 Å². The molecule has 6 heteroatoms. The molecule has 0 spiro atoms. The van der Waals surface area contributed by atoms with Gasteiger partial charge in [-0.3, -0.25) is 0 Å². The molecule has 318 valence electrons. The first kappa shape index (κ1) is 39.1. The summed E-state index contributed by atoms with van der Waals surface area (Å²) in [5, 5.41) is 1.92. The minimum Gasteiger partial charge on any atom is -0.452 e. The van der Waals surface area contributed by atoms with Gasteiger partial charge in [0.15, 0.2) is 22.8 Å². The van der Waals surface area contributed by atoms with Crippen LogP contribution in [0.1, 0.15) is 0 Å². The molecular weight excluding hydrogens is 833 g/mol. The zero-order valence-electron chi connectivity index (χ0n) is 36.5. The molecule has 0 unspecified atom stereocenters. The molecule has 0 amide bonds. The average molecular weight is 871 g/mol. The highest BCUT2D eigenvalue weighted by atomic mass is 16.3. The van der Waals surface area contributed by atoms with Crippen molar-refractivity contribution < 1.29 is 8.83 Å². The Balaban J connectivity index is 0.841. The number of furan rings is 2. The predicted molar refractivity (Wildman–Crippen MR) is 276 cm³/mol. The first-order chi connectivity index (χ1) is 33.7. The molecule has 0 N–H and O–H groups in total. The van der Waals surface area contributed by atoms with E-state index in [0.29, 0.717) is 22.8 Å². The molecule has 0 atom stereocenters. The van der Waals surface area contributed by atoms with Crippen LogP contribution in [0, 0.1) is 0 Å². The molecule has 0 saturated heterocycles. The second kappa shape index (κ2) is 16.3. The van der Waals surface area contributed by atoms with Crippen LogP contribution in [-0.4, -0.2) is 19.9 Å². The number of nitrogens with zero attached hydrogens (tertiary/aromatic N) is 4. The topological polar surface area (TPSA) is 77.8 Å². The normalized spacial score (nSPS) is 11.5. The summed E-state index contributed by atoms with van der Waals surface area (Å²) < 4.78 is 13.0. The Bertz CT molecular complexity index is 3990. The number of hydrogen-bond donors (Lipinski definition) is 0. The van der Waals surface area contributed by atoms with E-state index in [4.69, 9.17) is 28.8 Å². The fourth-order valence-corrected chi connectivity index (χ4v) is 9.26. The van der Waals surface area contributed by atoms with Crippen molar-refractivity contribution in [1.82, 2.24) is 19.9 Å². The summed E-state index contributed by atoms with van der Waals surface area (Å²) in [6.07, 6.45) is 0. The molecule has 9 aromatic carbocycles. The van der Waals surface area contributed by atoms with Gasteiger partial charge in [-0.2, -0.15) is 0 Å². The summed E-state index contributed by atoms with van der Waals surface area (Å²) in [5.74, 6) is 1.28. The lowest BCUT2D eigenvalue weighted by Gasteiger charge is -2.11. The van der Waals surface area contributed by atoms with Gasteiger partial charge in [-0.05, 0) is 80.9 Å². The third-order valence-electron chi connectivity index (χ3n) is 12.8. The van der Waals surface area contributed by atoms with Gasteiger partial charge in [-0.15, -0.1) is 0 Å². The van der Waals surface area contributed by atoms with E-state index in [-0.39, 0.29) is 0 Å². The second-order valence-electron chi connectivity index (χ2n) is 17.0. The van der Waals surface area contributed by atoms with Gasteiger partial charge >= 0.3 is 0 Å². The van der Waals surface area contributed by atoms with E-state index in [9.17, 15) is 0 Å². The lowest BCUT2D eigenvalue weighted by Crippen LogP contribution is -1.94. The molecule has 0 aliphatic carbocycles. The molecule has 0 aliphatic rings. The maximum atomic E-state index is 6.52. The largest absolute Gasteiger partial charge is 0.452 e. The van der Waals surface area contributed by atoms with Crippen molar-refractivity contribution in [2.45, 2.75) is 0 Å². The van der Waals surface area contributed by atoms with E-state index in [1.807, 2.05) is 48.5 Å². The van der Waals surface area contributed by atoms with Crippen molar-refractivity contribution >= 4 is 44.1 Å². The Hall–Kier alpha value is -9.26. The lowest BCUT2D eigenvalue weighted by atomic mass is 9.96. The smallest absolute Gasteiger partial charge is 0.180 e. The van der Waals surface area contributed by atoms with Crippen LogP contribution >= 0.6 is 0 Å². The van der Waals surface area contributed by atoms with Crippen LogP contribution in [0.25, 0.3) is 134 Å². The number of rotatable bonds is 8. The van der Waals surface area contributed by atoms with Crippen LogP contribution < -0.4 is 0 Å². The molecule has 4 aromatic heterocycles. The zero-order chi connectivity index (χ0) is 45.0. The minimum absolute atomic E-state index is 0.638. The fourth-order valence-electron chi connectivity index (χ4n) is 9.26. The Labute approximate surface area is 391 Å². The van der Waals surface area contributed by atoms with Crippen LogP contribution in [0.5, 0.6) is 0 Å². The van der Waals surface area contributed by atoms with Crippen LogP contribution in [0.4, 0.5) is 0 Å². The zero-order valence-corrected chi connectivity index (χ0v) is 36.5. The maximum Gasteiger partial charge on any atom is 0.180 e. The summed E-state index contributed by atoms with van der Waals surface area (Å²) >= 11 is 0. The van der Waals surface area contributed by atoms with Gasteiger partial charge in [0.05, 0.1) is 0 Å². The Morgan fingerprint density at radius 3 is 1.04 bits per heavy atom. The van der Waals surface area contributed by atoms with Crippen molar-refractivity contribution in [2.75, 3.05) is 0 Å². The molecule has 13 rings (SSSR count). The number of aromatic nitrogens is 4. The van der Waals surface area contributed by atoms with Gasteiger partial charge in [0, 0.05) is 33.0 Å². The standard InChI is InChI=1S/C62H38N4O2/c1-3-13-39(14-4-1)41-25-31-44(32-26-41)55-59-57(51-21-7-9-23-53(51)67-59)65-61(63-55)46-35-29-43(30-36-46)47-17-11-18-48(37-47)49-19-12-20-50(38-49)56-60-58(52-22-8-10-24-54(52)68-60)66-62(64-56)45-33-27-42(28-34-45)40-15-5-2-6-16-40/h1-38H. The van der Waals surface area contributed by atoms with Gasteiger partial charge < -0.3 is 8.83 Å². The van der Waals surface area contributed by atoms with E-state index >= 15 is 0 Å². The van der Waals surface area contributed by atoms with Crippen molar-refractivity contribution in [1.29, 1.82) is 0 Å². The molecule has 0 fully saturated rings.